The van der Waals surface area contributed by atoms with Crippen molar-refractivity contribution >= 4 is 5.78 Å². The number of rotatable bonds is 2. The van der Waals surface area contributed by atoms with E-state index in [0.717, 1.165) is 5.69 Å². The molecule has 0 bridgehead atoms. The lowest BCUT2D eigenvalue weighted by atomic mass is 10.2. The molecule has 0 spiro atoms. The predicted octanol–water partition coefficient (Wildman–Crippen LogP) is 0.693. The van der Waals surface area contributed by atoms with Gasteiger partial charge in [-0.05, 0) is 19.1 Å². The Labute approximate surface area is 87.3 Å². The fourth-order valence-electron chi connectivity index (χ4n) is 1.55. The molecule has 0 amide bonds. The highest BCUT2D eigenvalue weighted by Crippen LogP contribution is 2.09. The largest absolute Gasteiger partial charge is 0.285 e. The van der Waals surface area contributed by atoms with Crippen LogP contribution in [-0.4, -0.2) is 25.3 Å². The molecule has 0 unspecified atom stereocenters. The third-order valence-electron chi connectivity index (χ3n) is 2.29. The molecular weight excluding hydrogens is 192 g/mol. The number of ketones is 1. The molecule has 2 heterocycles. The lowest BCUT2D eigenvalue weighted by Crippen LogP contribution is -2.12. The highest BCUT2D eigenvalue weighted by Gasteiger charge is 2.16. The van der Waals surface area contributed by atoms with E-state index in [9.17, 15) is 4.79 Å². The average molecular weight is 204 g/mol. The third kappa shape index (κ3) is 1.56. The van der Waals surface area contributed by atoms with Crippen molar-refractivity contribution in [2.24, 2.45) is 14.1 Å². The SMILES string of the molecule is Cc1cc(C(=O)c2ccnn2C)n(C)n1. The van der Waals surface area contributed by atoms with Crippen molar-refractivity contribution in [2.45, 2.75) is 6.92 Å². The molecule has 5 nitrogen and oxygen atoms in total. The van der Waals surface area contributed by atoms with E-state index in [4.69, 9.17) is 0 Å². The predicted molar refractivity (Wildman–Crippen MR) is 54.6 cm³/mol. The van der Waals surface area contributed by atoms with Crippen molar-refractivity contribution in [1.29, 1.82) is 0 Å². The number of aromatic nitrogens is 4. The molecule has 0 saturated carbocycles. The number of nitrogens with zero attached hydrogens (tertiary/aromatic N) is 4. The molecule has 2 rings (SSSR count). The van der Waals surface area contributed by atoms with Crippen molar-refractivity contribution in [3.63, 3.8) is 0 Å². The minimum absolute atomic E-state index is 0.0573. The number of hydrogen-bond acceptors (Lipinski definition) is 3. The van der Waals surface area contributed by atoms with E-state index in [-0.39, 0.29) is 5.78 Å². The molecule has 0 atom stereocenters. The Bertz CT molecular complexity index is 509. The maximum atomic E-state index is 12.0. The Morgan fingerprint density at radius 3 is 2.47 bits per heavy atom. The van der Waals surface area contributed by atoms with Gasteiger partial charge in [-0.1, -0.05) is 0 Å². The van der Waals surface area contributed by atoms with E-state index in [1.54, 1.807) is 41.8 Å². The fourth-order valence-corrected chi connectivity index (χ4v) is 1.55. The van der Waals surface area contributed by atoms with Gasteiger partial charge in [-0.15, -0.1) is 0 Å². The van der Waals surface area contributed by atoms with Gasteiger partial charge in [-0.25, -0.2) is 0 Å². The van der Waals surface area contributed by atoms with Gasteiger partial charge in [0.05, 0.1) is 5.69 Å². The highest BCUT2D eigenvalue weighted by molar-refractivity contribution is 6.06. The first-order chi connectivity index (χ1) is 7.09. The molecule has 5 heteroatoms. The summed E-state index contributed by atoms with van der Waals surface area (Å²) in [5, 5.41) is 8.10. The van der Waals surface area contributed by atoms with Gasteiger partial charge in [0.15, 0.2) is 0 Å². The second-order valence-corrected chi connectivity index (χ2v) is 3.46. The summed E-state index contributed by atoms with van der Waals surface area (Å²) in [4.78, 5) is 12.0. The van der Waals surface area contributed by atoms with Crippen LogP contribution in [0.5, 0.6) is 0 Å². The lowest BCUT2D eigenvalue weighted by Gasteiger charge is -2.00. The Hall–Kier alpha value is -1.91. The summed E-state index contributed by atoms with van der Waals surface area (Å²) in [5.41, 5.74) is 1.98. The minimum Gasteiger partial charge on any atom is -0.285 e. The molecule has 78 valence electrons. The normalized spacial score (nSPS) is 10.6. The topological polar surface area (TPSA) is 52.7 Å². The molecule has 0 fully saturated rings. The minimum atomic E-state index is -0.0573. The summed E-state index contributed by atoms with van der Waals surface area (Å²) in [5.74, 6) is -0.0573. The van der Waals surface area contributed by atoms with Crippen molar-refractivity contribution in [1.82, 2.24) is 19.6 Å². The van der Waals surface area contributed by atoms with Gasteiger partial charge < -0.3 is 0 Å². The summed E-state index contributed by atoms with van der Waals surface area (Å²) in [6.07, 6.45) is 1.61. The summed E-state index contributed by atoms with van der Waals surface area (Å²) in [6, 6.07) is 3.47. The zero-order valence-electron chi connectivity index (χ0n) is 8.93. The van der Waals surface area contributed by atoms with E-state index in [0.29, 0.717) is 11.4 Å². The zero-order valence-corrected chi connectivity index (χ0v) is 8.93. The van der Waals surface area contributed by atoms with Crippen LogP contribution in [-0.2, 0) is 14.1 Å². The molecule has 0 aliphatic rings. The monoisotopic (exact) mass is 204 g/mol. The van der Waals surface area contributed by atoms with Gasteiger partial charge in [0.25, 0.3) is 0 Å². The third-order valence-corrected chi connectivity index (χ3v) is 2.29. The van der Waals surface area contributed by atoms with Gasteiger partial charge in [-0.3, -0.25) is 14.2 Å². The van der Waals surface area contributed by atoms with Gasteiger partial charge in [-0.2, -0.15) is 10.2 Å². The number of hydrogen-bond donors (Lipinski definition) is 0. The molecule has 0 aliphatic heterocycles. The number of carbonyl (C=O) groups excluding carboxylic acids is 1. The fraction of sp³-hybridized carbons (Fsp3) is 0.300. The lowest BCUT2D eigenvalue weighted by molar-refractivity contribution is 0.102. The van der Waals surface area contributed by atoms with Crippen LogP contribution in [0.25, 0.3) is 0 Å². The second kappa shape index (κ2) is 3.34. The van der Waals surface area contributed by atoms with Crippen LogP contribution < -0.4 is 0 Å². The Kier molecular flexibility index (Phi) is 2.15. The first-order valence-corrected chi connectivity index (χ1v) is 4.63. The van der Waals surface area contributed by atoms with Gasteiger partial charge in [0, 0.05) is 20.3 Å². The molecule has 0 aromatic carbocycles. The van der Waals surface area contributed by atoms with Crippen molar-refractivity contribution in [3.8, 4) is 0 Å². The highest BCUT2D eigenvalue weighted by atomic mass is 16.1. The van der Waals surface area contributed by atoms with Crippen molar-refractivity contribution < 1.29 is 4.79 Å². The summed E-state index contributed by atoms with van der Waals surface area (Å²) in [6.45, 7) is 1.86. The van der Waals surface area contributed by atoms with E-state index >= 15 is 0 Å². The standard InChI is InChI=1S/C10H12N4O/c1-7-6-9(14(3)12-7)10(15)8-4-5-11-13(8)2/h4-6H,1-3H3. The molecule has 2 aromatic heterocycles. The van der Waals surface area contributed by atoms with Gasteiger partial charge in [0.2, 0.25) is 5.78 Å². The van der Waals surface area contributed by atoms with Crippen LogP contribution >= 0.6 is 0 Å². The van der Waals surface area contributed by atoms with Crippen LogP contribution in [0, 0.1) is 6.92 Å². The quantitative estimate of drug-likeness (QED) is 0.676. The molecule has 2 aromatic rings. The van der Waals surface area contributed by atoms with E-state index in [1.165, 1.54) is 0 Å². The summed E-state index contributed by atoms with van der Waals surface area (Å²) >= 11 is 0. The van der Waals surface area contributed by atoms with Gasteiger partial charge >= 0.3 is 0 Å². The number of carbonyl (C=O) groups is 1. The Morgan fingerprint density at radius 2 is 2.00 bits per heavy atom. The molecular formula is C10H12N4O. The summed E-state index contributed by atoms with van der Waals surface area (Å²) < 4.78 is 3.15. The van der Waals surface area contributed by atoms with Crippen LogP contribution in [0.1, 0.15) is 21.9 Å². The molecule has 15 heavy (non-hydrogen) atoms. The van der Waals surface area contributed by atoms with Crippen LogP contribution in [0.2, 0.25) is 0 Å². The number of aryl methyl sites for hydroxylation is 3. The van der Waals surface area contributed by atoms with E-state index in [1.807, 2.05) is 6.92 Å². The first kappa shape index (κ1) is 9.64. The molecule has 0 N–H and O–H groups in total. The van der Waals surface area contributed by atoms with Crippen LogP contribution in [0.4, 0.5) is 0 Å². The Morgan fingerprint density at radius 1 is 1.27 bits per heavy atom. The zero-order chi connectivity index (χ0) is 11.0. The summed E-state index contributed by atoms with van der Waals surface area (Å²) in [7, 11) is 3.51. The Balaban J connectivity index is 2.45. The second-order valence-electron chi connectivity index (χ2n) is 3.46. The molecule has 0 aliphatic carbocycles. The maximum absolute atomic E-state index is 12.0. The van der Waals surface area contributed by atoms with Crippen molar-refractivity contribution in [2.75, 3.05) is 0 Å². The van der Waals surface area contributed by atoms with Crippen LogP contribution in [0.15, 0.2) is 18.3 Å². The first-order valence-electron chi connectivity index (χ1n) is 4.63. The smallest absolute Gasteiger partial charge is 0.228 e. The average Bonchev–Trinajstić information content (AvgIpc) is 2.71. The van der Waals surface area contributed by atoms with Crippen molar-refractivity contribution in [3.05, 3.63) is 35.4 Å². The van der Waals surface area contributed by atoms with Crippen LogP contribution in [0.3, 0.4) is 0 Å². The molecule has 0 radical (unpaired) electrons. The van der Waals surface area contributed by atoms with E-state index < -0.39 is 0 Å². The van der Waals surface area contributed by atoms with E-state index in [2.05, 4.69) is 10.2 Å². The molecule has 0 saturated heterocycles. The maximum Gasteiger partial charge on any atom is 0.228 e. The van der Waals surface area contributed by atoms with Gasteiger partial charge in [0.1, 0.15) is 11.4 Å².